The number of hydrogen-bond donors (Lipinski definition) is 2. The molecule has 0 aliphatic rings. The van der Waals surface area contributed by atoms with Gasteiger partial charge in [-0.15, -0.1) is 0 Å². The number of sulfonamides is 1. The molecule has 0 aliphatic carbocycles. The van der Waals surface area contributed by atoms with Crippen molar-refractivity contribution in [2.24, 2.45) is 0 Å². The Hall–Kier alpha value is -1.53. The lowest BCUT2D eigenvalue weighted by Gasteiger charge is -2.08. The number of nitrogens with one attached hydrogen (secondary N) is 1. The molecular formula is C13H20N2O3S. The van der Waals surface area contributed by atoms with Crippen LogP contribution in [0.4, 0.5) is 5.69 Å². The maximum Gasteiger partial charge on any atom is 0.214 e. The Balaban J connectivity index is 2.29. The highest BCUT2D eigenvalue weighted by Crippen LogP contribution is 2.12. The minimum absolute atomic E-state index is 0.0623. The van der Waals surface area contributed by atoms with Crippen LogP contribution in [0.3, 0.4) is 0 Å². The first-order valence-electron chi connectivity index (χ1n) is 6.10. The van der Waals surface area contributed by atoms with Crippen molar-refractivity contribution in [2.75, 3.05) is 24.6 Å². The van der Waals surface area contributed by atoms with Gasteiger partial charge in [-0.3, -0.25) is 0 Å². The Morgan fingerprint density at radius 3 is 2.63 bits per heavy atom. The molecule has 106 valence electrons. The zero-order valence-corrected chi connectivity index (χ0v) is 11.8. The summed E-state index contributed by atoms with van der Waals surface area (Å²) in [5, 5.41) is 0. The monoisotopic (exact) mass is 284 g/mol. The molecule has 1 aromatic rings. The zero-order valence-electron chi connectivity index (χ0n) is 11.0. The number of ether oxygens (including phenoxy) is 1. The molecule has 19 heavy (non-hydrogen) atoms. The number of nitrogen functional groups attached to an aromatic ring is 1. The van der Waals surface area contributed by atoms with Crippen LogP contribution in [0, 0.1) is 0 Å². The molecule has 6 heteroatoms. The smallest absolute Gasteiger partial charge is 0.214 e. The van der Waals surface area contributed by atoms with Gasteiger partial charge in [-0.25, -0.2) is 13.1 Å². The molecular weight excluding hydrogens is 264 g/mol. The van der Waals surface area contributed by atoms with Crippen LogP contribution in [-0.2, 0) is 10.0 Å². The minimum Gasteiger partial charge on any atom is -0.492 e. The fraction of sp³-hybridized carbons (Fsp3) is 0.385. The summed E-state index contributed by atoms with van der Waals surface area (Å²) in [7, 11) is -3.27. The first kappa shape index (κ1) is 15.5. The van der Waals surface area contributed by atoms with Gasteiger partial charge in [0.1, 0.15) is 12.4 Å². The van der Waals surface area contributed by atoms with Crippen LogP contribution >= 0.6 is 0 Å². The molecule has 0 saturated carbocycles. The number of allylic oxidation sites excluding steroid dienone is 1. The summed E-state index contributed by atoms with van der Waals surface area (Å²) >= 11 is 0. The maximum atomic E-state index is 11.6. The molecule has 3 N–H and O–H groups in total. The minimum atomic E-state index is -3.27. The van der Waals surface area contributed by atoms with Crippen molar-refractivity contribution in [1.82, 2.24) is 4.72 Å². The van der Waals surface area contributed by atoms with Gasteiger partial charge in [-0.2, -0.15) is 0 Å². The van der Waals surface area contributed by atoms with Gasteiger partial charge in [-0.1, -0.05) is 12.2 Å². The topological polar surface area (TPSA) is 81.4 Å². The van der Waals surface area contributed by atoms with Crippen molar-refractivity contribution in [2.45, 2.75) is 13.3 Å². The van der Waals surface area contributed by atoms with E-state index in [9.17, 15) is 8.42 Å². The number of rotatable bonds is 8. The van der Waals surface area contributed by atoms with Crippen molar-refractivity contribution >= 4 is 15.7 Å². The average molecular weight is 284 g/mol. The highest BCUT2D eigenvalue weighted by molar-refractivity contribution is 7.89. The normalized spacial score (nSPS) is 11.8. The second kappa shape index (κ2) is 7.81. The van der Waals surface area contributed by atoms with Crippen molar-refractivity contribution < 1.29 is 13.2 Å². The standard InChI is InChI=1S/C13H20N2O3S/c1-2-3-4-9-15-19(16,17)11-10-18-13-7-5-12(14)6-8-13/h2-3,5-8,15H,4,9-11,14H2,1H3/b3-2+. The van der Waals surface area contributed by atoms with Gasteiger partial charge in [0.05, 0.1) is 5.75 Å². The highest BCUT2D eigenvalue weighted by atomic mass is 32.2. The van der Waals surface area contributed by atoms with Gasteiger partial charge in [0.25, 0.3) is 0 Å². The van der Waals surface area contributed by atoms with Crippen molar-refractivity contribution in [3.63, 3.8) is 0 Å². The summed E-state index contributed by atoms with van der Waals surface area (Å²) < 4.78 is 31.1. The number of hydrogen-bond acceptors (Lipinski definition) is 4. The van der Waals surface area contributed by atoms with E-state index >= 15 is 0 Å². The Morgan fingerprint density at radius 1 is 1.32 bits per heavy atom. The molecule has 0 atom stereocenters. The number of nitrogens with two attached hydrogens (primary N) is 1. The van der Waals surface area contributed by atoms with Crippen LogP contribution in [0.2, 0.25) is 0 Å². The summed E-state index contributed by atoms with van der Waals surface area (Å²) in [6, 6.07) is 6.83. The van der Waals surface area contributed by atoms with E-state index in [-0.39, 0.29) is 12.4 Å². The molecule has 0 aromatic heterocycles. The van der Waals surface area contributed by atoms with Gasteiger partial charge < -0.3 is 10.5 Å². The third-order valence-corrected chi connectivity index (χ3v) is 3.72. The summed E-state index contributed by atoms with van der Waals surface area (Å²) in [5.74, 6) is 0.547. The molecule has 5 nitrogen and oxygen atoms in total. The van der Waals surface area contributed by atoms with Gasteiger partial charge in [0, 0.05) is 12.2 Å². The Morgan fingerprint density at radius 2 is 2.00 bits per heavy atom. The van der Waals surface area contributed by atoms with Crippen molar-refractivity contribution in [1.29, 1.82) is 0 Å². The molecule has 0 radical (unpaired) electrons. The average Bonchev–Trinajstić information content (AvgIpc) is 2.37. The van der Waals surface area contributed by atoms with Crippen molar-refractivity contribution in [3.8, 4) is 5.75 Å². The second-order valence-electron chi connectivity index (χ2n) is 3.99. The summed E-state index contributed by atoms with van der Waals surface area (Å²) in [6.07, 6.45) is 4.49. The third kappa shape index (κ3) is 6.83. The van der Waals surface area contributed by atoms with Gasteiger partial charge >= 0.3 is 0 Å². The molecule has 0 saturated heterocycles. The van der Waals surface area contributed by atoms with E-state index in [1.165, 1.54) is 0 Å². The van der Waals surface area contributed by atoms with Crippen LogP contribution in [0.15, 0.2) is 36.4 Å². The lowest BCUT2D eigenvalue weighted by Crippen LogP contribution is -2.29. The van der Waals surface area contributed by atoms with Gasteiger partial charge in [-0.05, 0) is 37.6 Å². The lowest BCUT2D eigenvalue weighted by molar-refractivity contribution is 0.340. The van der Waals surface area contributed by atoms with E-state index in [1.54, 1.807) is 24.3 Å². The molecule has 0 spiro atoms. The second-order valence-corrected chi connectivity index (χ2v) is 5.91. The van der Waals surface area contributed by atoms with E-state index in [0.717, 1.165) is 0 Å². The lowest BCUT2D eigenvalue weighted by atomic mass is 10.3. The highest BCUT2D eigenvalue weighted by Gasteiger charge is 2.09. The van der Waals surface area contributed by atoms with Crippen LogP contribution in [0.5, 0.6) is 5.75 Å². The van der Waals surface area contributed by atoms with Crippen LogP contribution < -0.4 is 15.2 Å². The molecule has 0 unspecified atom stereocenters. The predicted octanol–water partition coefficient (Wildman–Crippen LogP) is 1.53. The van der Waals surface area contributed by atoms with Crippen molar-refractivity contribution in [3.05, 3.63) is 36.4 Å². The number of anilines is 1. The predicted molar refractivity (Wildman–Crippen MR) is 77.6 cm³/mol. The summed E-state index contributed by atoms with van der Waals surface area (Å²) in [6.45, 7) is 2.42. The fourth-order valence-corrected chi connectivity index (χ4v) is 2.25. The first-order valence-corrected chi connectivity index (χ1v) is 7.75. The molecule has 0 fully saturated rings. The first-order chi connectivity index (χ1) is 9.03. The Labute approximate surface area is 114 Å². The molecule has 1 aromatic carbocycles. The van der Waals surface area contributed by atoms with Gasteiger partial charge in [0.15, 0.2) is 0 Å². The quantitative estimate of drug-likeness (QED) is 0.431. The largest absolute Gasteiger partial charge is 0.492 e. The molecule has 1 rings (SSSR count). The summed E-state index contributed by atoms with van der Waals surface area (Å²) in [5.41, 5.74) is 6.18. The molecule has 0 aliphatic heterocycles. The van der Waals surface area contributed by atoms with E-state index in [2.05, 4.69) is 4.72 Å². The Kier molecular flexibility index (Phi) is 6.38. The van der Waals surface area contributed by atoms with E-state index in [1.807, 2.05) is 19.1 Å². The SMILES string of the molecule is C/C=C/CCNS(=O)(=O)CCOc1ccc(N)cc1. The molecule has 0 bridgehead atoms. The Bertz CT molecular complexity index is 495. The summed E-state index contributed by atoms with van der Waals surface area (Å²) in [4.78, 5) is 0. The maximum absolute atomic E-state index is 11.6. The van der Waals surface area contributed by atoms with Crippen LogP contribution in [-0.4, -0.2) is 27.3 Å². The van der Waals surface area contributed by atoms with E-state index in [4.69, 9.17) is 10.5 Å². The van der Waals surface area contributed by atoms with E-state index < -0.39 is 10.0 Å². The third-order valence-electron chi connectivity index (χ3n) is 2.37. The fourth-order valence-electron chi connectivity index (χ4n) is 1.37. The van der Waals surface area contributed by atoms with Crippen LogP contribution in [0.25, 0.3) is 0 Å². The van der Waals surface area contributed by atoms with Gasteiger partial charge in [0.2, 0.25) is 10.0 Å². The van der Waals surface area contributed by atoms with Crippen LogP contribution in [0.1, 0.15) is 13.3 Å². The molecule has 0 heterocycles. The van der Waals surface area contributed by atoms with E-state index in [0.29, 0.717) is 24.4 Å². The zero-order chi connectivity index (χ0) is 14.1. The number of benzene rings is 1. The molecule has 0 amide bonds.